The molecule has 1 amide bonds. The summed E-state index contributed by atoms with van der Waals surface area (Å²) in [5, 5.41) is 7.58. The van der Waals surface area contributed by atoms with Crippen LogP contribution in [0.1, 0.15) is 6.92 Å². The molecule has 110 valence electrons. The minimum atomic E-state index is -0.503. The van der Waals surface area contributed by atoms with Crippen LogP contribution in [-0.2, 0) is 21.4 Å². The number of amides is 1. The van der Waals surface area contributed by atoms with Crippen molar-refractivity contribution in [3.05, 3.63) is 35.4 Å². The van der Waals surface area contributed by atoms with Gasteiger partial charge in [0.2, 0.25) is 0 Å². The van der Waals surface area contributed by atoms with Crippen molar-refractivity contribution >= 4 is 29.3 Å². The van der Waals surface area contributed by atoms with Crippen LogP contribution in [0.2, 0.25) is 5.02 Å². The summed E-state index contributed by atoms with van der Waals surface area (Å²) in [6, 6.07) is 8.95. The number of aryl methyl sites for hydroxylation is 1. The Morgan fingerprint density at radius 1 is 1.33 bits per heavy atom. The lowest BCUT2D eigenvalue weighted by molar-refractivity contribution is -0.144. The van der Waals surface area contributed by atoms with E-state index >= 15 is 0 Å². The first-order valence-electron chi connectivity index (χ1n) is 6.19. The fourth-order valence-corrected chi connectivity index (χ4v) is 1.82. The molecule has 0 bridgehead atoms. The van der Waals surface area contributed by atoms with Crippen molar-refractivity contribution in [2.75, 3.05) is 11.9 Å². The molecule has 1 N–H and O–H groups in total. The first kappa shape index (κ1) is 15.1. The van der Waals surface area contributed by atoms with Gasteiger partial charge in [0.25, 0.3) is 5.91 Å². The molecule has 6 nitrogen and oxygen atoms in total. The number of anilines is 1. The average Bonchev–Trinajstić information content (AvgIpc) is 2.78. The average molecular weight is 308 g/mol. The Balaban J connectivity index is 2.10. The van der Waals surface area contributed by atoms with Gasteiger partial charge in [0.1, 0.15) is 5.82 Å². The first-order chi connectivity index (χ1) is 9.95. The molecule has 0 aliphatic rings. The van der Waals surface area contributed by atoms with Gasteiger partial charge >= 0.3 is 5.97 Å². The third-order valence-corrected chi connectivity index (χ3v) is 2.95. The molecule has 1 aromatic heterocycles. The van der Waals surface area contributed by atoms with Gasteiger partial charge in [-0.05, 0) is 12.1 Å². The summed E-state index contributed by atoms with van der Waals surface area (Å²) in [5.74, 6) is -0.412. The SMILES string of the molecule is CC(=O)OCC(=O)Nc1cc(-c2ccc(Cl)cc2)nn1C. The highest BCUT2D eigenvalue weighted by atomic mass is 35.5. The summed E-state index contributed by atoms with van der Waals surface area (Å²) in [6.45, 7) is 0.923. The van der Waals surface area contributed by atoms with Gasteiger partial charge < -0.3 is 10.1 Å². The minimum Gasteiger partial charge on any atom is -0.456 e. The third kappa shape index (κ3) is 4.06. The summed E-state index contributed by atoms with van der Waals surface area (Å²) >= 11 is 5.84. The van der Waals surface area contributed by atoms with E-state index in [1.807, 2.05) is 12.1 Å². The number of nitrogens with one attached hydrogen (secondary N) is 1. The molecule has 0 saturated heterocycles. The van der Waals surface area contributed by atoms with Gasteiger partial charge in [0.15, 0.2) is 6.61 Å². The van der Waals surface area contributed by atoms with E-state index in [0.717, 1.165) is 5.56 Å². The molecule has 0 unspecified atom stereocenters. The normalized spacial score (nSPS) is 10.2. The molecule has 7 heteroatoms. The van der Waals surface area contributed by atoms with Crippen molar-refractivity contribution < 1.29 is 14.3 Å². The van der Waals surface area contributed by atoms with Crippen LogP contribution < -0.4 is 5.32 Å². The van der Waals surface area contributed by atoms with Crippen molar-refractivity contribution in [1.29, 1.82) is 0 Å². The second-order valence-corrected chi connectivity index (χ2v) is 4.81. The van der Waals surface area contributed by atoms with Crippen LogP contribution in [-0.4, -0.2) is 28.3 Å². The molecule has 1 aromatic carbocycles. The van der Waals surface area contributed by atoms with E-state index in [9.17, 15) is 9.59 Å². The van der Waals surface area contributed by atoms with E-state index < -0.39 is 11.9 Å². The van der Waals surface area contributed by atoms with Crippen molar-refractivity contribution in [2.45, 2.75) is 6.92 Å². The molecule has 0 atom stereocenters. The molecule has 0 radical (unpaired) electrons. The second kappa shape index (κ2) is 6.41. The number of ether oxygens (including phenoxy) is 1. The molecule has 21 heavy (non-hydrogen) atoms. The third-order valence-electron chi connectivity index (χ3n) is 2.69. The van der Waals surface area contributed by atoms with Crippen molar-refractivity contribution in [3.8, 4) is 11.3 Å². The van der Waals surface area contributed by atoms with Gasteiger partial charge in [-0.3, -0.25) is 14.3 Å². The van der Waals surface area contributed by atoms with Gasteiger partial charge in [0.05, 0.1) is 5.69 Å². The summed E-state index contributed by atoms with van der Waals surface area (Å²) in [4.78, 5) is 22.3. The first-order valence-corrected chi connectivity index (χ1v) is 6.56. The number of rotatable bonds is 4. The Labute approximate surface area is 126 Å². The van der Waals surface area contributed by atoms with E-state index in [4.69, 9.17) is 11.6 Å². The maximum absolute atomic E-state index is 11.6. The lowest BCUT2D eigenvalue weighted by Gasteiger charge is -2.04. The lowest BCUT2D eigenvalue weighted by Crippen LogP contribution is -2.21. The van der Waals surface area contributed by atoms with Crippen LogP contribution >= 0.6 is 11.6 Å². The van der Waals surface area contributed by atoms with E-state index in [-0.39, 0.29) is 6.61 Å². The smallest absolute Gasteiger partial charge is 0.303 e. The number of aromatic nitrogens is 2. The number of halogens is 1. The summed E-state index contributed by atoms with van der Waals surface area (Å²) < 4.78 is 6.16. The molecule has 0 saturated carbocycles. The van der Waals surface area contributed by atoms with Gasteiger partial charge in [-0.1, -0.05) is 23.7 Å². The predicted molar refractivity (Wildman–Crippen MR) is 78.9 cm³/mol. The molecule has 0 aliphatic carbocycles. The van der Waals surface area contributed by atoms with Crippen molar-refractivity contribution in [3.63, 3.8) is 0 Å². The van der Waals surface area contributed by atoms with Crippen LogP contribution in [0.25, 0.3) is 11.3 Å². The van der Waals surface area contributed by atoms with Crippen LogP contribution in [0.4, 0.5) is 5.82 Å². The number of esters is 1. The zero-order chi connectivity index (χ0) is 15.4. The summed E-state index contributed by atoms with van der Waals surface area (Å²) in [5.41, 5.74) is 1.59. The summed E-state index contributed by atoms with van der Waals surface area (Å²) in [6.07, 6.45) is 0. The van der Waals surface area contributed by atoms with Crippen LogP contribution in [0.15, 0.2) is 30.3 Å². The lowest BCUT2D eigenvalue weighted by atomic mass is 10.1. The quantitative estimate of drug-likeness (QED) is 0.879. The topological polar surface area (TPSA) is 73.2 Å². The maximum atomic E-state index is 11.6. The number of carbonyl (C=O) groups is 2. The van der Waals surface area contributed by atoms with E-state index in [1.165, 1.54) is 11.6 Å². The molecular formula is C14H14ClN3O3. The Bertz CT molecular complexity index is 665. The van der Waals surface area contributed by atoms with E-state index in [2.05, 4.69) is 15.2 Å². The Morgan fingerprint density at radius 3 is 2.62 bits per heavy atom. The zero-order valence-electron chi connectivity index (χ0n) is 11.6. The highest BCUT2D eigenvalue weighted by Crippen LogP contribution is 2.22. The van der Waals surface area contributed by atoms with Crippen LogP contribution in [0, 0.1) is 0 Å². The molecule has 2 aromatic rings. The minimum absolute atomic E-state index is 0.323. The van der Waals surface area contributed by atoms with Gasteiger partial charge in [-0.15, -0.1) is 0 Å². The molecule has 0 aliphatic heterocycles. The van der Waals surface area contributed by atoms with Gasteiger partial charge in [-0.2, -0.15) is 5.10 Å². The molecule has 0 fully saturated rings. The monoisotopic (exact) mass is 307 g/mol. The number of carbonyl (C=O) groups excluding carboxylic acids is 2. The standard InChI is InChI=1S/C14H14ClN3O3/c1-9(19)21-8-14(20)16-13-7-12(17-18(13)2)10-3-5-11(15)6-4-10/h3-7H,8H2,1-2H3,(H,16,20). The number of nitrogens with zero attached hydrogens (tertiary/aromatic N) is 2. The number of hydrogen-bond donors (Lipinski definition) is 1. The van der Waals surface area contributed by atoms with Gasteiger partial charge in [-0.25, -0.2) is 0 Å². The number of benzene rings is 1. The number of hydrogen-bond acceptors (Lipinski definition) is 4. The Kier molecular flexibility index (Phi) is 4.59. The van der Waals surface area contributed by atoms with Crippen LogP contribution in [0.3, 0.4) is 0 Å². The Hall–Kier alpha value is -2.34. The summed E-state index contributed by atoms with van der Waals surface area (Å²) in [7, 11) is 1.71. The zero-order valence-corrected chi connectivity index (χ0v) is 12.3. The van der Waals surface area contributed by atoms with Crippen molar-refractivity contribution in [1.82, 2.24) is 9.78 Å². The fraction of sp³-hybridized carbons (Fsp3) is 0.214. The molecule has 1 heterocycles. The van der Waals surface area contributed by atoms with Gasteiger partial charge in [0, 0.05) is 30.6 Å². The van der Waals surface area contributed by atoms with Crippen LogP contribution in [0.5, 0.6) is 0 Å². The van der Waals surface area contributed by atoms with E-state index in [1.54, 1.807) is 25.2 Å². The largest absolute Gasteiger partial charge is 0.456 e. The Morgan fingerprint density at radius 2 is 2.00 bits per heavy atom. The van der Waals surface area contributed by atoms with E-state index in [0.29, 0.717) is 16.5 Å². The predicted octanol–water partition coefficient (Wildman–Crippen LogP) is 2.24. The molecule has 0 spiro atoms. The highest BCUT2D eigenvalue weighted by molar-refractivity contribution is 6.30. The highest BCUT2D eigenvalue weighted by Gasteiger charge is 2.11. The molecule has 2 rings (SSSR count). The fourth-order valence-electron chi connectivity index (χ4n) is 1.69. The molecular weight excluding hydrogens is 294 g/mol. The maximum Gasteiger partial charge on any atom is 0.303 e. The second-order valence-electron chi connectivity index (χ2n) is 4.37. The van der Waals surface area contributed by atoms with Crippen molar-refractivity contribution in [2.24, 2.45) is 7.05 Å².